The van der Waals surface area contributed by atoms with Gasteiger partial charge < -0.3 is 5.11 Å². The Bertz CT molecular complexity index is 1080. The van der Waals surface area contributed by atoms with Crippen molar-refractivity contribution in [3.8, 4) is 6.07 Å². The van der Waals surface area contributed by atoms with Crippen LogP contribution in [0.4, 0.5) is 23.5 Å². The van der Waals surface area contributed by atoms with Gasteiger partial charge in [0.2, 0.25) is 5.95 Å². The van der Waals surface area contributed by atoms with Gasteiger partial charge in [0.25, 0.3) is 5.91 Å². The van der Waals surface area contributed by atoms with E-state index in [2.05, 4.69) is 15.2 Å². The highest BCUT2D eigenvalue weighted by Gasteiger charge is 2.40. The number of nitriles is 1. The van der Waals surface area contributed by atoms with E-state index in [-0.39, 0.29) is 4.90 Å². The standard InChI is InChI=1S/C15H11F4N5O4S/c1-14(26,7-29(27,28)9-4-2-8(16)3-5-9)12(25)22-13-21-11(15(17,18)19)10(6-20)23-24-13/h2-5,26H,7H2,1H3,(H,21,22,24,25)/t14-/m0/s1. The van der Waals surface area contributed by atoms with Crippen LogP contribution in [0.3, 0.4) is 0 Å². The zero-order valence-corrected chi connectivity index (χ0v) is 15.2. The van der Waals surface area contributed by atoms with Gasteiger partial charge in [-0.3, -0.25) is 10.1 Å². The number of carbonyl (C=O) groups excluding carboxylic acids is 1. The van der Waals surface area contributed by atoms with E-state index in [4.69, 9.17) is 5.26 Å². The number of nitrogens with zero attached hydrogens (tertiary/aromatic N) is 4. The van der Waals surface area contributed by atoms with Crippen molar-refractivity contribution >= 4 is 21.7 Å². The third-order valence-corrected chi connectivity index (χ3v) is 5.35. The van der Waals surface area contributed by atoms with Crippen LogP contribution in [0, 0.1) is 17.1 Å². The van der Waals surface area contributed by atoms with E-state index in [1.54, 1.807) is 5.32 Å². The van der Waals surface area contributed by atoms with E-state index in [0.29, 0.717) is 0 Å². The van der Waals surface area contributed by atoms with E-state index in [9.17, 15) is 35.9 Å². The highest BCUT2D eigenvalue weighted by atomic mass is 32.2. The molecule has 154 valence electrons. The summed E-state index contributed by atoms with van der Waals surface area (Å²) in [4.78, 5) is 14.8. The number of anilines is 1. The molecule has 0 unspecified atom stereocenters. The SMILES string of the molecule is C[C@](O)(CS(=O)(=O)c1ccc(F)cc1)C(=O)Nc1nnc(C#N)c(C(F)(F)F)n1. The average molecular weight is 433 g/mol. The Morgan fingerprint density at radius 1 is 1.24 bits per heavy atom. The smallest absolute Gasteiger partial charge is 0.379 e. The minimum atomic E-state index is -5.07. The number of rotatable bonds is 5. The molecule has 0 bridgehead atoms. The highest BCUT2D eigenvalue weighted by Crippen LogP contribution is 2.29. The Hall–Kier alpha value is -3.18. The number of halogens is 4. The van der Waals surface area contributed by atoms with Crippen LogP contribution in [0.25, 0.3) is 0 Å². The van der Waals surface area contributed by atoms with Crippen LogP contribution in [-0.2, 0) is 20.8 Å². The maximum absolute atomic E-state index is 12.9. The number of aliphatic hydroxyl groups is 1. The largest absolute Gasteiger partial charge is 0.436 e. The molecule has 0 aliphatic carbocycles. The summed E-state index contributed by atoms with van der Waals surface area (Å²) in [5.41, 5.74) is -5.48. The topological polar surface area (TPSA) is 146 Å². The van der Waals surface area contributed by atoms with Gasteiger partial charge in [0.05, 0.1) is 10.6 Å². The fraction of sp³-hybridized carbons (Fsp3) is 0.267. The number of hydrogen-bond acceptors (Lipinski definition) is 8. The minimum Gasteiger partial charge on any atom is -0.379 e. The number of carbonyl (C=O) groups is 1. The number of alkyl halides is 3. The highest BCUT2D eigenvalue weighted by molar-refractivity contribution is 7.91. The third kappa shape index (κ3) is 5.21. The Morgan fingerprint density at radius 3 is 2.34 bits per heavy atom. The summed E-state index contributed by atoms with van der Waals surface area (Å²) in [6.07, 6.45) is -5.07. The van der Waals surface area contributed by atoms with Crippen molar-refractivity contribution in [2.24, 2.45) is 0 Å². The lowest BCUT2D eigenvalue weighted by atomic mass is 10.1. The molecule has 1 aromatic heterocycles. The monoisotopic (exact) mass is 433 g/mol. The van der Waals surface area contributed by atoms with Gasteiger partial charge in [-0.1, -0.05) is 0 Å². The predicted molar refractivity (Wildman–Crippen MR) is 87.3 cm³/mol. The quantitative estimate of drug-likeness (QED) is 0.526. The van der Waals surface area contributed by atoms with E-state index >= 15 is 0 Å². The average Bonchev–Trinajstić information content (AvgIpc) is 2.60. The molecule has 0 spiro atoms. The maximum atomic E-state index is 12.9. The molecular weight excluding hydrogens is 422 g/mol. The molecular formula is C15H11F4N5O4S. The minimum absolute atomic E-state index is 0.386. The maximum Gasteiger partial charge on any atom is 0.436 e. The van der Waals surface area contributed by atoms with Crippen LogP contribution in [0.15, 0.2) is 29.2 Å². The fourth-order valence-corrected chi connectivity index (χ4v) is 3.64. The molecule has 1 aromatic carbocycles. The fourth-order valence-electron chi connectivity index (χ4n) is 2.05. The molecule has 0 fully saturated rings. The van der Waals surface area contributed by atoms with Gasteiger partial charge in [-0.05, 0) is 31.2 Å². The van der Waals surface area contributed by atoms with Gasteiger partial charge in [0, 0.05) is 0 Å². The van der Waals surface area contributed by atoms with Gasteiger partial charge in [-0.2, -0.15) is 18.4 Å². The summed E-state index contributed by atoms with van der Waals surface area (Å²) in [5.74, 6) is -4.32. The van der Waals surface area contributed by atoms with Crippen LogP contribution in [0.2, 0.25) is 0 Å². The van der Waals surface area contributed by atoms with Crippen molar-refractivity contribution in [1.82, 2.24) is 15.2 Å². The van der Waals surface area contributed by atoms with E-state index in [1.165, 1.54) is 0 Å². The van der Waals surface area contributed by atoms with Crippen molar-refractivity contribution in [1.29, 1.82) is 5.26 Å². The number of aromatic nitrogens is 3. The zero-order chi connectivity index (χ0) is 22.0. The Balaban J connectivity index is 2.25. The van der Waals surface area contributed by atoms with Crippen molar-refractivity contribution in [2.45, 2.75) is 23.6 Å². The Kier molecular flexibility index (Phi) is 5.86. The second-order valence-corrected chi connectivity index (χ2v) is 7.87. The van der Waals surface area contributed by atoms with Crippen molar-refractivity contribution in [2.75, 3.05) is 11.1 Å². The number of benzene rings is 1. The van der Waals surface area contributed by atoms with Crippen LogP contribution in [0.5, 0.6) is 0 Å². The lowest BCUT2D eigenvalue weighted by molar-refractivity contribution is -0.141. The Labute approximate surface area is 160 Å². The molecule has 9 nitrogen and oxygen atoms in total. The second kappa shape index (κ2) is 7.68. The second-order valence-electron chi connectivity index (χ2n) is 5.88. The first-order chi connectivity index (χ1) is 13.3. The first-order valence-electron chi connectivity index (χ1n) is 7.50. The summed E-state index contributed by atoms with van der Waals surface area (Å²) in [6.45, 7) is 0.797. The van der Waals surface area contributed by atoms with Gasteiger partial charge in [-0.15, -0.1) is 10.2 Å². The van der Waals surface area contributed by atoms with Crippen LogP contribution in [-0.4, -0.2) is 46.0 Å². The first kappa shape index (κ1) is 22.1. The van der Waals surface area contributed by atoms with Crippen LogP contribution < -0.4 is 5.32 Å². The molecule has 29 heavy (non-hydrogen) atoms. The predicted octanol–water partition coefficient (Wildman–Crippen LogP) is 1.06. The van der Waals surface area contributed by atoms with Gasteiger partial charge in [0.1, 0.15) is 11.9 Å². The first-order valence-corrected chi connectivity index (χ1v) is 9.16. The lowest BCUT2D eigenvalue weighted by Gasteiger charge is -2.21. The molecule has 1 amide bonds. The van der Waals surface area contributed by atoms with E-state index in [1.807, 2.05) is 0 Å². The number of amides is 1. The summed E-state index contributed by atoms with van der Waals surface area (Å²) in [5, 5.41) is 26.7. The van der Waals surface area contributed by atoms with Crippen LogP contribution >= 0.6 is 0 Å². The third-order valence-electron chi connectivity index (χ3n) is 3.42. The van der Waals surface area contributed by atoms with Crippen molar-refractivity contribution in [3.05, 3.63) is 41.5 Å². The number of sulfone groups is 1. The normalized spacial score (nSPS) is 14.0. The molecule has 2 rings (SSSR count). The molecule has 0 saturated carbocycles. The van der Waals surface area contributed by atoms with Gasteiger partial charge in [-0.25, -0.2) is 17.8 Å². The van der Waals surface area contributed by atoms with E-state index in [0.717, 1.165) is 37.3 Å². The van der Waals surface area contributed by atoms with Gasteiger partial charge >= 0.3 is 6.18 Å². The molecule has 14 heteroatoms. The molecule has 0 radical (unpaired) electrons. The van der Waals surface area contributed by atoms with Gasteiger partial charge in [0.15, 0.2) is 26.8 Å². The lowest BCUT2D eigenvalue weighted by Crippen LogP contribution is -2.46. The zero-order valence-electron chi connectivity index (χ0n) is 14.4. The van der Waals surface area contributed by atoms with E-state index < -0.39 is 56.4 Å². The molecule has 2 aromatic rings. The summed E-state index contributed by atoms with van der Waals surface area (Å²) in [6, 6.07) is 4.69. The summed E-state index contributed by atoms with van der Waals surface area (Å²) < 4.78 is 76.1. The number of hydrogen-bond donors (Lipinski definition) is 2. The van der Waals surface area contributed by atoms with Crippen molar-refractivity contribution in [3.63, 3.8) is 0 Å². The molecule has 2 N–H and O–H groups in total. The molecule has 0 aliphatic rings. The molecule has 0 saturated heterocycles. The van der Waals surface area contributed by atoms with Crippen LogP contribution in [0.1, 0.15) is 18.3 Å². The van der Waals surface area contributed by atoms with Crippen molar-refractivity contribution < 1.29 is 35.9 Å². The summed E-state index contributed by atoms with van der Waals surface area (Å²) >= 11 is 0. The molecule has 0 aliphatic heterocycles. The molecule has 1 heterocycles. The number of nitrogens with one attached hydrogen (secondary N) is 1. The Morgan fingerprint density at radius 2 is 1.83 bits per heavy atom. The summed E-state index contributed by atoms with van der Waals surface area (Å²) in [7, 11) is -4.27. The molecule has 1 atom stereocenters.